The van der Waals surface area contributed by atoms with Gasteiger partial charge in [0.2, 0.25) is 11.8 Å². The summed E-state index contributed by atoms with van der Waals surface area (Å²) in [5.41, 5.74) is -0.392. The summed E-state index contributed by atoms with van der Waals surface area (Å²) in [5.74, 6) is 3.38. The Labute approximate surface area is 134 Å². The first-order chi connectivity index (χ1) is 9.68. The SMILES string of the molecule is Cc1nc(C2(NC(=O)CC3CSCCN3)CCC2)no1.Cl. The maximum atomic E-state index is 12.3. The van der Waals surface area contributed by atoms with E-state index in [1.54, 1.807) is 6.92 Å². The molecule has 21 heavy (non-hydrogen) atoms. The van der Waals surface area contributed by atoms with Crippen LogP contribution in [0.2, 0.25) is 0 Å². The van der Waals surface area contributed by atoms with E-state index in [1.165, 1.54) is 0 Å². The highest BCUT2D eigenvalue weighted by molar-refractivity contribution is 7.99. The van der Waals surface area contributed by atoms with Crippen molar-refractivity contribution in [2.75, 3.05) is 18.1 Å². The van der Waals surface area contributed by atoms with E-state index in [2.05, 4.69) is 20.8 Å². The number of nitrogens with one attached hydrogen (secondary N) is 2. The van der Waals surface area contributed by atoms with Crippen LogP contribution in [0.25, 0.3) is 0 Å². The predicted octanol–water partition coefficient (Wildman–Crippen LogP) is 1.39. The smallest absolute Gasteiger partial charge is 0.223 e. The van der Waals surface area contributed by atoms with Crippen LogP contribution in [0.15, 0.2) is 4.52 Å². The highest BCUT2D eigenvalue weighted by atomic mass is 35.5. The molecule has 0 bridgehead atoms. The number of hydrogen-bond donors (Lipinski definition) is 2. The van der Waals surface area contributed by atoms with E-state index in [0.717, 1.165) is 37.3 Å². The van der Waals surface area contributed by atoms with Crippen LogP contribution >= 0.6 is 24.2 Å². The molecule has 1 unspecified atom stereocenters. The molecule has 3 rings (SSSR count). The van der Waals surface area contributed by atoms with Crippen molar-refractivity contribution in [1.82, 2.24) is 20.8 Å². The summed E-state index contributed by atoms with van der Waals surface area (Å²) in [6.45, 7) is 2.76. The predicted molar refractivity (Wildman–Crippen MR) is 83.7 cm³/mol. The number of halogens is 1. The first kappa shape index (κ1) is 16.6. The van der Waals surface area contributed by atoms with Crippen molar-refractivity contribution in [3.8, 4) is 0 Å². The molecule has 1 saturated heterocycles. The Kier molecular flexibility index (Phi) is 5.51. The quantitative estimate of drug-likeness (QED) is 0.867. The van der Waals surface area contributed by atoms with E-state index in [4.69, 9.17) is 4.52 Å². The number of carbonyl (C=O) groups excluding carboxylic acids is 1. The minimum Gasteiger partial charge on any atom is -0.343 e. The van der Waals surface area contributed by atoms with Crippen LogP contribution in [0.3, 0.4) is 0 Å². The van der Waals surface area contributed by atoms with Gasteiger partial charge in [-0.15, -0.1) is 12.4 Å². The Morgan fingerprint density at radius 3 is 2.90 bits per heavy atom. The summed E-state index contributed by atoms with van der Waals surface area (Å²) in [7, 11) is 0. The Hall–Kier alpha value is -0.790. The second-order valence-electron chi connectivity index (χ2n) is 5.55. The fourth-order valence-corrected chi connectivity index (χ4v) is 3.67. The van der Waals surface area contributed by atoms with Crippen molar-refractivity contribution in [2.24, 2.45) is 0 Å². The van der Waals surface area contributed by atoms with Crippen LogP contribution < -0.4 is 10.6 Å². The molecule has 1 aromatic rings. The number of aryl methyl sites for hydroxylation is 1. The molecule has 1 amide bonds. The standard InChI is InChI=1S/C13H20N4O2S.ClH/c1-9-15-12(17-19-9)13(3-2-4-13)16-11(18)7-10-8-20-6-5-14-10;/h10,14H,2-8H2,1H3,(H,16,18);1H. The maximum Gasteiger partial charge on any atom is 0.223 e. The van der Waals surface area contributed by atoms with Gasteiger partial charge < -0.3 is 15.2 Å². The summed E-state index contributed by atoms with van der Waals surface area (Å²) in [6.07, 6.45) is 3.39. The summed E-state index contributed by atoms with van der Waals surface area (Å²) in [5, 5.41) is 10.5. The van der Waals surface area contributed by atoms with Gasteiger partial charge in [0.25, 0.3) is 0 Å². The van der Waals surface area contributed by atoms with Crippen LogP contribution in [0.1, 0.15) is 37.4 Å². The van der Waals surface area contributed by atoms with Gasteiger partial charge in [0, 0.05) is 37.4 Å². The van der Waals surface area contributed by atoms with Gasteiger partial charge in [0.1, 0.15) is 5.54 Å². The number of thioether (sulfide) groups is 1. The lowest BCUT2D eigenvalue weighted by Crippen LogP contribution is -2.53. The van der Waals surface area contributed by atoms with Crippen LogP contribution in [-0.2, 0) is 10.3 Å². The molecular formula is C13H21ClN4O2S. The van der Waals surface area contributed by atoms with Crippen molar-refractivity contribution in [3.63, 3.8) is 0 Å². The maximum absolute atomic E-state index is 12.3. The minimum absolute atomic E-state index is 0. The molecule has 6 nitrogen and oxygen atoms in total. The van der Waals surface area contributed by atoms with Crippen molar-refractivity contribution in [3.05, 3.63) is 11.7 Å². The van der Waals surface area contributed by atoms with Gasteiger partial charge in [-0.05, 0) is 19.3 Å². The molecule has 0 spiro atoms. The van der Waals surface area contributed by atoms with Gasteiger partial charge in [-0.2, -0.15) is 16.7 Å². The van der Waals surface area contributed by atoms with Gasteiger partial charge >= 0.3 is 0 Å². The van der Waals surface area contributed by atoms with Gasteiger partial charge in [0.05, 0.1) is 0 Å². The zero-order valence-electron chi connectivity index (χ0n) is 12.1. The highest BCUT2D eigenvalue weighted by Crippen LogP contribution is 2.39. The van der Waals surface area contributed by atoms with Crippen LogP contribution in [0.4, 0.5) is 0 Å². The number of amides is 1. The molecule has 1 saturated carbocycles. The van der Waals surface area contributed by atoms with Crippen LogP contribution in [-0.4, -0.2) is 40.1 Å². The molecule has 2 N–H and O–H groups in total. The third kappa shape index (κ3) is 3.70. The Morgan fingerprint density at radius 2 is 2.38 bits per heavy atom. The van der Waals surface area contributed by atoms with Gasteiger partial charge in [-0.3, -0.25) is 4.79 Å². The second kappa shape index (κ2) is 6.98. The number of hydrogen-bond acceptors (Lipinski definition) is 6. The lowest BCUT2D eigenvalue weighted by Gasteiger charge is -2.40. The zero-order chi connectivity index (χ0) is 14.0. The number of carbonyl (C=O) groups is 1. The Morgan fingerprint density at radius 1 is 1.57 bits per heavy atom. The van der Waals surface area contributed by atoms with Crippen molar-refractivity contribution in [1.29, 1.82) is 0 Å². The summed E-state index contributed by atoms with van der Waals surface area (Å²) >= 11 is 1.90. The van der Waals surface area contributed by atoms with Crippen LogP contribution in [0.5, 0.6) is 0 Å². The Bertz CT molecular complexity index is 486. The molecule has 118 valence electrons. The summed E-state index contributed by atoms with van der Waals surface area (Å²) < 4.78 is 5.05. The first-order valence-corrected chi connectivity index (χ1v) is 8.26. The third-order valence-electron chi connectivity index (χ3n) is 3.97. The molecule has 8 heteroatoms. The molecule has 1 aliphatic carbocycles. The topological polar surface area (TPSA) is 80.0 Å². The van der Waals surface area contributed by atoms with Gasteiger partial charge in [-0.1, -0.05) is 5.16 Å². The Balaban J connectivity index is 0.00000161. The molecule has 2 heterocycles. The molecule has 0 aromatic carbocycles. The van der Waals surface area contributed by atoms with E-state index in [-0.39, 0.29) is 24.4 Å². The third-order valence-corrected chi connectivity index (χ3v) is 5.10. The largest absolute Gasteiger partial charge is 0.343 e. The number of aromatic nitrogens is 2. The van der Waals surface area contributed by atoms with E-state index < -0.39 is 5.54 Å². The van der Waals surface area contributed by atoms with Gasteiger partial charge in [0.15, 0.2) is 5.82 Å². The number of nitrogens with zero attached hydrogens (tertiary/aromatic N) is 2. The lowest BCUT2D eigenvalue weighted by molar-refractivity contribution is -0.125. The fraction of sp³-hybridized carbons (Fsp3) is 0.769. The lowest BCUT2D eigenvalue weighted by atomic mass is 9.76. The molecule has 1 aliphatic heterocycles. The molecule has 0 radical (unpaired) electrons. The van der Waals surface area contributed by atoms with Crippen LogP contribution in [0, 0.1) is 6.92 Å². The number of rotatable bonds is 4. The fourth-order valence-electron chi connectivity index (χ4n) is 2.72. The average molecular weight is 333 g/mol. The second-order valence-corrected chi connectivity index (χ2v) is 6.70. The minimum atomic E-state index is -0.392. The van der Waals surface area contributed by atoms with E-state index in [0.29, 0.717) is 18.1 Å². The highest BCUT2D eigenvalue weighted by Gasteiger charge is 2.44. The normalized spacial score (nSPS) is 23.8. The molecule has 1 aromatic heterocycles. The van der Waals surface area contributed by atoms with Crippen molar-refractivity contribution < 1.29 is 9.32 Å². The van der Waals surface area contributed by atoms with Gasteiger partial charge in [-0.25, -0.2) is 0 Å². The first-order valence-electron chi connectivity index (χ1n) is 7.11. The summed E-state index contributed by atoms with van der Waals surface area (Å²) in [4.78, 5) is 16.5. The van der Waals surface area contributed by atoms with E-state index >= 15 is 0 Å². The molecule has 2 fully saturated rings. The molecule has 2 aliphatic rings. The summed E-state index contributed by atoms with van der Waals surface area (Å²) in [6, 6.07) is 0.276. The molecular weight excluding hydrogens is 312 g/mol. The van der Waals surface area contributed by atoms with E-state index in [9.17, 15) is 4.79 Å². The van der Waals surface area contributed by atoms with Crippen molar-refractivity contribution >= 4 is 30.1 Å². The van der Waals surface area contributed by atoms with Crippen molar-refractivity contribution in [2.45, 2.75) is 44.2 Å². The monoisotopic (exact) mass is 332 g/mol. The zero-order valence-corrected chi connectivity index (χ0v) is 13.7. The molecule has 1 atom stereocenters. The average Bonchev–Trinajstić information content (AvgIpc) is 2.82. The van der Waals surface area contributed by atoms with E-state index in [1.807, 2.05) is 11.8 Å².